The first kappa shape index (κ1) is 13.8. The maximum absolute atomic E-state index is 12.6. The van der Waals surface area contributed by atoms with E-state index in [0.29, 0.717) is 18.1 Å². The molecule has 0 heterocycles. The largest absolute Gasteiger partial charge is 0.381 e. The SMILES string of the molecule is CCCC(CC(=O)C1=C2CCC(C2)C1(C)C)OC. The molecule has 2 heteroatoms. The van der Waals surface area contributed by atoms with Crippen molar-refractivity contribution in [2.24, 2.45) is 11.3 Å². The smallest absolute Gasteiger partial charge is 0.161 e. The Morgan fingerprint density at radius 2 is 2.22 bits per heavy atom. The van der Waals surface area contributed by atoms with Crippen LogP contribution in [0, 0.1) is 11.3 Å². The zero-order valence-electron chi connectivity index (χ0n) is 12.2. The number of carbonyl (C=O) groups is 1. The molecule has 1 saturated carbocycles. The Balaban J connectivity index is 2.10. The Morgan fingerprint density at radius 3 is 2.72 bits per heavy atom. The van der Waals surface area contributed by atoms with Gasteiger partial charge >= 0.3 is 0 Å². The van der Waals surface area contributed by atoms with Crippen LogP contribution < -0.4 is 0 Å². The summed E-state index contributed by atoms with van der Waals surface area (Å²) in [5.74, 6) is 1.05. The van der Waals surface area contributed by atoms with Gasteiger partial charge in [0.1, 0.15) is 0 Å². The molecule has 102 valence electrons. The zero-order valence-corrected chi connectivity index (χ0v) is 12.2. The molecule has 0 N–H and O–H groups in total. The fourth-order valence-electron chi connectivity index (χ4n) is 3.84. The average Bonchev–Trinajstić information content (AvgIpc) is 2.86. The van der Waals surface area contributed by atoms with Crippen molar-refractivity contribution < 1.29 is 9.53 Å². The predicted octanol–water partition coefficient (Wildman–Crippen LogP) is 3.90. The lowest BCUT2D eigenvalue weighted by Crippen LogP contribution is -2.29. The van der Waals surface area contributed by atoms with Gasteiger partial charge in [-0.1, -0.05) is 32.8 Å². The van der Waals surface area contributed by atoms with Gasteiger partial charge in [-0.15, -0.1) is 0 Å². The maximum atomic E-state index is 12.6. The van der Waals surface area contributed by atoms with E-state index in [1.165, 1.54) is 18.4 Å². The maximum Gasteiger partial charge on any atom is 0.161 e. The van der Waals surface area contributed by atoms with Crippen molar-refractivity contribution in [3.05, 3.63) is 11.1 Å². The minimum atomic E-state index is 0.102. The highest BCUT2D eigenvalue weighted by molar-refractivity contribution is 5.98. The van der Waals surface area contributed by atoms with Crippen molar-refractivity contribution in [2.75, 3.05) is 7.11 Å². The number of hydrogen-bond donors (Lipinski definition) is 0. The predicted molar refractivity (Wildman–Crippen MR) is 73.5 cm³/mol. The normalized spacial score (nSPS) is 26.8. The number of fused-ring (bicyclic) bond motifs is 2. The Morgan fingerprint density at radius 1 is 1.50 bits per heavy atom. The average molecular weight is 250 g/mol. The highest BCUT2D eigenvalue weighted by atomic mass is 16.5. The molecule has 0 amide bonds. The summed E-state index contributed by atoms with van der Waals surface area (Å²) in [7, 11) is 1.72. The van der Waals surface area contributed by atoms with Crippen LogP contribution in [0.1, 0.15) is 59.3 Å². The number of hydrogen-bond acceptors (Lipinski definition) is 2. The summed E-state index contributed by atoms with van der Waals surface area (Å²) in [5, 5.41) is 0. The third-order valence-electron chi connectivity index (χ3n) is 4.94. The van der Waals surface area contributed by atoms with Gasteiger partial charge in [0.2, 0.25) is 0 Å². The zero-order chi connectivity index (χ0) is 13.3. The first-order chi connectivity index (χ1) is 8.50. The fraction of sp³-hybridized carbons (Fsp3) is 0.812. The van der Waals surface area contributed by atoms with Gasteiger partial charge in [0.15, 0.2) is 5.78 Å². The van der Waals surface area contributed by atoms with Crippen molar-refractivity contribution >= 4 is 5.78 Å². The van der Waals surface area contributed by atoms with E-state index in [4.69, 9.17) is 4.74 Å². The van der Waals surface area contributed by atoms with Gasteiger partial charge in [0, 0.05) is 19.1 Å². The second kappa shape index (κ2) is 5.16. The summed E-state index contributed by atoms with van der Waals surface area (Å²) in [6.07, 6.45) is 6.32. The molecular weight excluding hydrogens is 224 g/mol. The van der Waals surface area contributed by atoms with Crippen molar-refractivity contribution in [3.63, 3.8) is 0 Å². The van der Waals surface area contributed by atoms with Crippen LogP contribution in [-0.4, -0.2) is 19.0 Å². The summed E-state index contributed by atoms with van der Waals surface area (Å²) in [6, 6.07) is 0. The molecule has 2 aliphatic carbocycles. The Hall–Kier alpha value is -0.630. The van der Waals surface area contributed by atoms with E-state index in [2.05, 4.69) is 20.8 Å². The minimum absolute atomic E-state index is 0.102. The van der Waals surface area contributed by atoms with E-state index < -0.39 is 0 Å². The molecule has 0 aliphatic heterocycles. The van der Waals surface area contributed by atoms with Crippen LogP contribution in [0.4, 0.5) is 0 Å². The molecule has 1 fully saturated rings. The second-order valence-electron chi connectivity index (χ2n) is 6.41. The van der Waals surface area contributed by atoms with E-state index in [1.807, 2.05) is 0 Å². The summed E-state index contributed by atoms with van der Waals surface area (Å²) in [5.41, 5.74) is 2.70. The highest BCUT2D eigenvalue weighted by Crippen LogP contribution is 2.56. The Kier molecular flexibility index (Phi) is 3.96. The minimum Gasteiger partial charge on any atom is -0.381 e. The molecule has 0 aromatic carbocycles. The molecule has 0 aromatic heterocycles. The molecule has 2 aliphatic rings. The van der Waals surface area contributed by atoms with E-state index in [0.717, 1.165) is 24.8 Å². The van der Waals surface area contributed by atoms with Gasteiger partial charge in [0.25, 0.3) is 0 Å². The van der Waals surface area contributed by atoms with Crippen molar-refractivity contribution in [1.82, 2.24) is 0 Å². The first-order valence-electron chi connectivity index (χ1n) is 7.29. The van der Waals surface area contributed by atoms with Gasteiger partial charge in [-0.2, -0.15) is 0 Å². The van der Waals surface area contributed by atoms with E-state index in [9.17, 15) is 4.79 Å². The first-order valence-corrected chi connectivity index (χ1v) is 7.29. The van der Waals surface area contributed by atoms with Crippen LogP contribution in [0.3, 0.4) is 0 Å². The molecule has 2 atom stereocenters. The Labute approximate surface area is 111 Å². The molecule has 2 nitrogen and oxygen atoms in total. The van der Waals surface area contributed by atoms with E-state index in [1.54, 1.807) is 7.11 Å². The van der Waals surface area contributed by atoms with Crippen LogP contribution in [0.2, 0.25) is 0 Å². The lowest BCUT2D eigenvalue weighted by atomic mass is 9.72. The van der Waals surface area contributed by atoms with Crippen LogP contribution >= 0.6 is 0 Å². The summed E-state index contributed by atoms with van der Waals surface area (Å²) in [4.78, 5) is 12.6. The van der Waals surface area contributed by atoms with Gasteiger partial charge in [-0.3, -0.25) is 4.79 Å². The summed E-state index contributed by atoms with van der Waals surface area (Å²) >= 11 is 0. The Bertz CT molecular complexity index is 365. The number of allylic oxidation sites excluding steroid dienone is 2. The molecule has 0 aromatic rings. The molecule has 18 heavy (non-hydrogen) atoms. The van der Waals surface area contributed by atoms with Crippen LogP contribution in [0.25, 0.3) is 0 Å². The van der Waals surface area contributed by atoms with Crippen molar-refractivity contribution in [1.29, 1.82) is 0 Å². The highest BCUT2D eigenvalue weighted by Gasteiger charge is 2.47. The third kappa shape index (κ3) is 2.27. The number of ether oxygens (including phenoxy) is 1. The lowest BCUT2D eigenvalue weighted by Gasteiger charge is -2.32. The van der Waals surface area contributed by atoms with Gasteiger partial charge in [-0.25, -0.2) is 0 Å². The quantitative estimate of drug-likeness (QED) is 0.714. The van der Waals surface area contributed by atoms with Crippen LogP contribution in [0.5, 0.6) is 0 Å². The number of methoxy groups -OCH3 is 1. The topological polar surface area (TPSA) is 26.3 Å². The second-order valence-corrected chi connectivity index (χ2v) is 6.41. The van der Waals surface area contributed by atoms with Gasteiger partial charge in [0.05, 0.1) is 6.10 Å². The monoisotopic (exact) mass is 250 g/mol. The molecular formula is C16H26O2. The molecule has 2 rings (SSSR count). The third-order valence-corrected chi connectivity index (χ3v) is 4.94. The molecule has 0 spiro atoms. The number of Topliss-reactive ketones (excluding diaryl/α,β-unsaturated/α-hetero) is 1. The summed E-state index contributed by atoms with van der Waals surface area (Å²) in [6.45, 7) is 6.64. The summed E-state index contributed by atoms with van der Waals surface area (Å²) < 4.78 is 5.43. The number of carbonyl (C=O) groups excluding carboxylic acids is 1. The fourth-order valence-corrected chi connectivity index (χ4v) is 3.84. The standard InChI is InChI=1S/C16H26O2/c1-5-6-13(18-4)10-14(17)15-11-7-8-12(9-11)16(15,2)3/h12-13H,5-10H2,1-4H3. The van der Waals surface area contributed by atoms with Crippen LogP contribution in [0.15, 0.2) is 11.1 Å². The van der Waals surface area contributed by atoms with E-state index >= 15 is 0 Å². The molecule has 2 unspecified atom stereocenters. The van der Waals surface area contributed by atoms with Gasteiger partial charge < -0.3 is 4.74 Å². The molecule has 0 saturated heterocycles. The number of rotatable bonds is 6. The molecule has 2 bridgehead atoms. The van der Waals surface area contributed by atoms with Crippen LogP contribution in [-0.2, 0) is 9.53 Å². The number of ketones is 1. The van der Waals surface area contributed by atoms with Gasteiger partial charge in [-0.05, 0) is 37.0 Å². The van der Waals surface area contributed by atoms with Crippen molar-refractivity contribution in [3.8, 4) is 0 Å². The van der Waals surface area contributed by atoms with E-state index in [-0.39, 0.29) is 11.5 Å². The van der Waals surface area contributed by atoms with Crippen molar-refractivity contribution in [2.45, 2.75) is 65.4 Å². The lowest BCUT2D eigenvalue weighted by molar-refractivity contribution is -0.119. The molecule has 0 radical (unpaired) electrons.